The van der Waals surface area contributed by atoms with Crippen LogP contribution < -0.4 is 4.90 Å². The van der Waals surface area contributed by atoms with Gasteiger partial charge in [-0.05, 0) is 43.0 Å². The summed E-state index contributed by atoms with van der Waals surface area (Å²) in [7, 11) is 0. The zero-order valence-corrected chi connectivity index (χ0v) is 11.1. The van der Waals surface area contributed by atoms with Crippen LogP contribution in [0.2, 0.25) is 0 Å². The van der Waals surface area contributed by atoms with Crippen molar-refractivity contribution < 1.29 is 10.2 Å². The summed E-state index contributed by atoms with van der Waals surface area (Å²) in [6, 6.07) is 6.42. The largest absolute Gasteiger partial charge is 0.394 e. The summed E-state index contributed by atoms with van der Waals surface area (Å²) >= 11 is 0. The van der Waals surface area contributed by atoms with E-state index in [0.717, 1.165) is 24.1 Å². The third-order valence-corrected chi connectivity index (χ3v) is 3.92. The lowest BCUT2D eigenvalue weighted by molar-refractivity contribution is 0.255. The molecule has 3 heteroatoms. The Morgan fingerprint density at radius 1 is 1.22 bits per heavy atom. The Balaban J connectivity index is 2.24. The summed E-state index contributed by atoms with van der Waals surface area (Å²) in [6.07, 6.45) is 4.71. The van der Waals surface area contributed by atoms with Gasteiger partial charge in [0.1, 0.15) is 0 Å². The maximum absolute atomic E-state index is 9.54. The number of anilines is 1. The van der Waals surface area contributed by atoms with E-state index in [1.165, 1.54) is 24.9 Å². The fraction of sp³-hybridized carbons (Fsp3) is 0.600. The smallest absolute Gasteiger partial charge is 0.0684 e. The fourth-order valence-corrected chi connectivity index (χ4v) is 2.74. The molecule has 1 aromatic rings. The molecule has 0 radical (unpaired) electrons. The highest BCUT2D eigenvalue weighted by Crippen LogP contribution is 2.26. The van der Waals surface area contributed by atoms with Gasteiger partial charge >= 0.3 is 0 Å². The molecule has 1 saturated heterocycles. The van der Waals surface area contributed by atoms with Gasteiger partial charge in [0, 0.05) is 12.2 Å². The van der Waals surface area contributed by atoms with Crippen LogP contribution in [0.25, 0.3) is 0 Å². The zero-order valence-electron chi connectivity index (χ0n) is 11.1. The van der Waals surface area contributed by atoms with Crippen LogP contribution in [0.3, 0.4) is 0 Å². The lowest BCUT2D eigenvalue weighted by atomic mass is 10.1. The van der Waals surface area contributed by atoms with E-state index in [9.17, 15) is 10.2 Å². The van der Waals surface area contributed by atoms with Crippen LogP contribution in [0.4, 0.5) is 5.69 Å². The van der Waals surface area contributed by atoms with Crippen molar-refractivity contribution in [2.24, 2.45) is 0 Å². The van der Waals surface area contributed by atoms with Gasteiger partial charge in [0.2, 0.25) is 0 Å². The van der Waals surface area contributed by atoms with Gasteiger partial charge in [-0.1, -0.05) is 18.9 Å². The van der Waals surface area contributed by atoms with Gasteiger partial charge in [-0.15, -0.1) is 0 Å². The average molecular weight is 249 g/mol. The quantitative estimate of drug-likeness (QED) is 0.863. The molecule has 0 aromatic heterocycles. The second-order valence-corrected chi connectivity index (χ2v) is 5.15. The second kappa shape index (κ2) is 6.21. The van der Waals surface area contributed by atoms with E-state index < -0.39 is 0 Å². The number of hydrogen-bond donors (Lipinski definition) is 2. The van der Waals surface area contributed by atoms with E-state index in [-0.39, 0.29) is 19.3 Å². The van der Waals surface area contributed by atoms with E-state index >= 15 is 0 Å². The molecule has 1 aromatic carbocycles. The first-order valence-corrected chi connectivity index (χ1v) is 6.84. The van der Waals surface area contributed by atoms with Crippen molar-refractivity contribution >= 4 is 5.69 Å². The fourth-order valence-electron chi connectivity index (χ4n) is 2.74. The van der Waals surface area contributed by atoms with Crippen molar-refractivity contribution in [3.8, 4) is 0 Å². The molecule has 1 aliphatic heterocycles. The molecule has 1 heterocycles. The van der Waals surface area contributed by atoms with E-state index in [4.69, 9.17) is 0 Å². The van der Waals surface area contributed by atoms with Gasteiger partial charge in [-0.25, -0.2) is 0 Å². The highest BCUT2D eigenvalue weighted by Gasteiger charge is 2.20. The molecular weight excluding hydrogens is 226 g/mol. The number of hydrogen-bond acceptors (Lipinski definition) is 3. The van der Waals surface area contributed by atoms with E-state index in [0.29, 0.717) is 0 Å². The summed E-state index contributed by atoms with van der Waals surface area (Å²) < 4.78 is 0. The summed E-state index contributed by atoms with van der Waals surface area (Å²) in [4.78, 5) is 2.32. The Morgan fingerprint density at radius 3 is 2.72 bits per heavy atom. The molecule has 1 fully saturated rings. The molecule has 2 N–H and O–H groups in total. The molecule has 1 unspecified atom stereocenters. The maximum atomic E-state index is 9.54. The lowest BCUT2D eigenvalue weighted by Crippen LogP contribution is -2.37. The number of aliphatic hydroxyl groups excluding tert-OH is 2. The average Bonchev–Trinajstić information content (AvgIpc) is 2.63. The van der Waals surface area contributed by atoms with Crippen LogP contribution in [0, 0.1) is 6.92 Å². The maximum Gasteiger partial charge on any atom is 0.0684 e. The number of rotatable bonds is 3. The molecule has 0 saturated carbocycles. The molecule has 0 spiro atoms. The predicted octanol–water partition coefficient (Wildman–Crippen LogP) is 2.23. The molecule has 0 amide bonds. The molecule has 18 heavy (non-hydrogen) atoms. The van der Waals surface area contributed by atoms with Gasteiger partial charge < -0.3 is 15.1 Å². The Labute approximate surface area is 109 Å². The number of benzene rings is 1. The van der Waals surface area contributed by atoms with Gasteiger partial charge in [0.05, 0.1) is 19.3 Å². The van der Waals surface area contributed by atoms with Crippen LogP contribution in [0.15, 0.2) is 18.2 Å². The lowest BCUT2D eigenvalue weighted by Gasteiger charge is -2.31. The molecular formula is C15H23NO2. The first-order valence-electron chi connectivity index (χ1n) is 6.84. The molecule has 1 atom stereocenters. The van der Waals surface area contributed by atoms with Crippen LogP contribution in [0.5, 0.6) is 0 Å². The van der Waals surface area contributed by atoms with Crippen LogP contribution in [-0.4, -0.2) is 29.4 Å². The zero-order chi connectivity index (χ0) is 13.0. The van der Waals surface area contributed by atoms with Crippen LogP contribution in [-0.2, 0) is 6.61 Å². The highest BCUT2D eigenvalue weighted by atomic mass is 16.3. The standard InChI is InChI=1S/C15H23NO2/c1-12-9-14(7-6-13(12)10-17)16-8-4-2-3-5-15(16)11-18/h6-7,9,15,17-18H,2-5,8,10-11H2,1H3. The number of nitrogens with zero attached hydrogens (tertiary/aromatic N) is 1. The summed E-state index contributed by atoms with van der Waals surface area (Å²) in [5.41, 5.74) is 3.27. The monoisotopic (exact) mass is 249 g/mol. The normalized spacial score (nSPS) is 20.8. The highest BCUT2D eigenvalue weighted by molar-refractivity contribution is 5.51. The topological polar surface area (TPSA) is 43.7 Å². The van der Waals surface area contributed by atoms with Gasteiger partial charge in [0.25, 0.3) is 0 Å². The predicted molar refractivity (Wildman–Crippen MR) is 73.8 cm³/mol. The Bertz CT molecular complexity index is 392. The summed E-state index contributed by atoms with van der Waals surface area (Å²) in [5, 5.41) is 18.7. The Kier molecular flexibility index (Phi) is 4.61. The molecule has 1 aliphatic rings. The number of aliphatic hydroxyl groups is 2. The van der Waals surface area contributed by atoms with E-state index in [1.54, 1.807) is 0 Å². The molecule has 0 bridgehead atoms. The molecule has 100 valence electrons. The van der Waals surface area contributed by atoms with E-state index in [2.05, 4.69) is 17.0 Å². The summed E-state index contributed by atoms with van der Waals surface area (Å²) in [6.45, 7) is 3.36. The van der Waals surface area contributed by atoms with Crippen LogP contribution in [0.1, 0.15) is 36.8 Å². The van der Waals surface area contributed by atoms with Crippen LogP contribution >= 0.6 is 0 Å². The Morgan fingerprint density at radius 2 is 2.06 bits per heavy atom. The minimum Gasteiger partial charge on any atom is -0.394 e. The summed E-state index contributed by atoms with van der Waals surface area (Å²) in [5.74, 6) is 0. The van der Waals surface area contributed by atoms with Crippen molar-refractivity contribution in [2.75, 3.05) is 18.1 Å². The molecule has 3 nitrogen and oxygen atoms in total. The third kappa shape index (κ3) is 2.85. The van der Waals surface area contributed by atoms with Gasteiger partial charge in [-0.2, -0.15) is 0 Å². The SMILES string of the molecule is Cc1cc(N2CCCCCC2CO)ccc1CO. The van der Waals surface area contributed by atoms with Gasteiger partial charge in [0.15, 0.2) is 0 Å². The van der Waals surface area contributed by atoms with Crippen molar-refractivity contribution in [1.82, 2.24) is 0 Å². The minimum absolute atomic E-state index is 0.0928. The minimum atomic E-state index is 0.0928. The first-order chi connectivity index (χ1) is 8.76. The van der Waals surface area contributed by atoms with Crippen molar-refractivity contribution in [2.45, 2.75) is 45.3 Å². The van der Waals surface area contributed by atoms with Gasteiger partial charge in [-0.3, -0.25) is 0 Å². The molecule has 0 aliphatic carbocycles. The molecule has 2 rings (SSSR count). The van der Waals surface area contributed by atoms with E-state index in [1.807, 2.05) is 13.0 Å². The number of aryl methyl sites for hydroxylation is 1. The second-order valence-electron chi connectivity index (χ2n) is 5.15. The van der Waals surface area contributed by atoms with Crippen molar-refractivity contribution in [3.05, 3.63) is 29.3 Å². The van der Waals surface area contributed by atoms with Crippen molar-refractivity contribution in [1.29, 1.82) is 0 Å². The Hall–Kier alpha value is -1.06. The van der Waals surface area contributed by atoms with Crippen molar-refractivity contribution in [3.63, 3.8) is 0 Å². The third-order valence-electron chi connectivity index (χ3n) is 3.92. The first kappa shape index (κ1) is 13.4.